The molecule has 0 heterocycles. The first kappa shape index (κ1) is 18.6. The Morgan fingerprint density at radius 2 is 2.00 bits per heavy atom. The maximum absolute atomic E-state index is 13.4. The number of benzene rings is 2. The van der Waals surface area contributed by atoms with Crippen LogP contribution in [0.2, 0.25) is 0 Å². The van der Waals surface area contributed by atoms with Crippen LogP contribution in [0.1, 0.15) is 21.5 Å². The molecule has 0 fully saturated rings. The summed E-state index contributed by atoms with van der Waals surface area (Å²) in [5.74, 6) is -1.32. The fourth-order valence-electron chi connectivity index (χ4n) is 2.50. The maximum Gasteiger partial charge on any atom is 0.335 e. The average molecular weight is 396 g/mol. The van der Waals surface area contributed by atoms with Gasteiger partial charge >= 0.3 is 5.97 Å². The molecule has 2 rings (SSSR count). The van der Waals surface area contributed by atoms with Gasteiger partial charge in [-0.15, -0.1) is 0 Å². The molecule has 6 heteroatoms. The predicted octanol–water partition coefficient (Wildman–Crippen LogP) is 3.23. The van der Waals surface area contributed by atoms with Crippen LogP contribution >= 0.6 is 15.9 Å². The van der Waals surface area contributed by atoms with Crippen LogP contribution in [0.5, 0.6) is 0 Å². The largest absolute Gasteiger partial charge is 0.478 e. The van der Waals surface area contributed by atoms with Crippen molar-refractivity contribution < 1.29 is 19.4 Å². The van der Waals surface area contributed by atoms with E-state index in [2.05, 4.69) is 21.2 Å². The predicted molar refractivity (Wildman–Crippen MR) is 93.5 cm³/mol. The summed E-state index contributed by atoms with van der Waals surface area (Å²) in [5.41, 5.74) is 1.92. The molecule has 4 nitrogen and oxygen atoms in total. The van der Waals surface area contributed by atoms with Gasteiger partial charge < -0.3 is 15.5 Å². The fourth-order valence-corrected chi connectivity index (χ4v) is 3.01. The zero-order chi connectivity index (χ0) is 17.5. The first-order valence-electron chi connectivity index (χ1n) is 7.56. The molecule has 0 amide bonds. The third-order valence-corrected chi connectivity index (χ3v) is 4.10. The molecule has 0 radical (unpaired) electrons. The van der Waals surface area contributed by atoms with Crippen LogP contribution in [0.3, 0.4) is 0 Å². The van der Waals surface area contributed by atoms with Crippen molar-refractivity contribution in [1.29, 1.82) is 0 Å². The van der Waals surface area contributed by atoms with Crippen LogP contribution in [-0.2, 0) is 13.0 Å². The van der Waals surface area contributed by atoms with Crippen molar-refractivity contribution in [1.82, 2.24) is 5.32 Å². The van der Waals surface area contributed by atoms with Gasteiger partial charge in [-0.3, -0.25) is 0 Å². The molecule has 0 aliphatic carbocycles. The normalized spacial score (nSPS) is 12.1. The fraction of sp³-hybridized carbons (Fsp3) is 0.278. The molecular formula is C18H19BrFNO3. The number of rotatable bonds is 8. The molecule has 0 aliphatic heterocycles. The van der Waals surface area contributed by atoms with Crippen molar-refractivity contribution >= 4 is 21.9 Å². The minimum absolute atomic E-state index is 0.0176. The van der Waals surface area contributed by atoms with Crippen molar-refractivity contribution in [3.8, 4) is 0 Å². The monoisotopic (exact) mass is 395 g/mol. The zero-order valence-electron chi connectivity index (χ0n) is 13.0. The van der Waals surface area contributed by atoms with E-state index in [1.165, 1.54) is 12.1 Å². The van der Waals surface area contributed by atoms with Gasteiger partial charge in [0.2, 0.25) is 0 Å². The third kappa shape index (κ3) is 5.70. The van der Waals surface area contributed by atoms with Gasteiger partial charge in [0.1, 0.15) is 5.82 Å². The van der Waals surface area contributed by atoms with Crippen LogP contribution in [0.25, 0.3) is 0 Å². The average Bonchev–Trinajstić information content (AvgIpc) is 2.53. The Morgan fingerprint density at radius 3 is 2.67 bits per heavy atom. The van der Waals surface area contributed by atoms with E-state index >= 15 is 0 Å². The van der Waals surface area contributed by atoms with Crippen LogP contribution in [-0.4, -0.2) is 29.3 Å². The van der Waals surface area contributed by atoms with E-state index in [1.54, 1.807) is 18.2 Å². The lowest BCUT2D eigenvalue weighted by molar-refractivity contribution is 0.0696. The van der Waals surface area contributed by atoms with Gasteiger partial charge in [-0.25, -0.2) is 9.18 Å². The summed E-state index contributed by atoms with van der Waals surface area (Å²) in [4.78, 5) is 11.0. The van der Waals surface area contributed by atoms with Gasteiger partial charge in [0, 0.05) is 24.2 Å². The van der Waals surface area contributed by atoms with Crippen LogP contribution < -0.4 is 5.32 Å². The highest BCUT2D eigenvalue weighted by Crippen LogP contribution is 2.17. The number of nitrogens with one attached hydrogen (secondary N) is 1. The summed E-state index contributed by atoms with van der Waals surface area (Å²) in [7, 11) is 0. The molecule has 1 atom stereocenters. The molecule has 0 spiro atoms. The van der Waals surface area contributed by atoms with Gasteiger partial charge in [-0.05, 0) is 53.8 Å². The molecular weight excluding hydrogens is 377 g/mol. The summed E-state index contributed by atoms with van der Waals surface area (Å²) in [6, 6.07) is 11.4. The van der Waals surface area contributed by atoms with Crippen molar-refractivity contribution in [2.75, 3.05) is 13.2 Å². The standard InChI is InChI=1S/C18H19BrFNO3/c19-16-6-13(7-17(20)8-16)4-14(11-22)10-21-9-12-2-1-3-15(5-12)18(23)24/h1-3,5-8,14,21-22H,4,9-11H2,(H,23,24). The number of hydrogen-bond acceptors (Lipinski definition) is 3. The summed E-state index contributed by atoms with van der Waals surface area (Å²) in [6.07, 6.45) is 0.551. The molecule has 2 aromatic carbocycles. The van der Waals surface area contributed by atoms with E-state index < -0.39 is 5.97 Å². The maximum atomic E-state index is 13.4. The molecule has 0 aliphatic rings. The number of hydrogen-bond donors (Lipinski definition) is 3. The molecule has 0 saturated carbocycles. The molecule has 0 saturated heterocycles. The molecule has 3 N–H and O–H groups in total. The smallest absolute Gasteiger partial charge is 0.335 e. The minimum Gasteiger partial charge on any atom is -0.478 e. The lowest BCUT2D eigenvalue weighted by Gasteiger charge is -2.16. The van der Waals surface area contributed by atoms with E-state index in [1.807, 2.05) is 12.1 Å². The highest BCUT2D eigenvalue weighted by Gasteiger charge is 2.10. The number of aliphatic hydroxyl groups is 1. The highest BCUT2D eigenvalue weighted by molar-refractivity contribution is 9.10. The second-order valence-corrected chi connectivity index (χ2v) is 6.58. The van der Waals surface area contributed by atoms with Crippen LogP contribution in [0, 0.1) is 11.7 Å². The topological polar surface area (TPSA) is 69.6 Å². The van der Waals surface area contributed by atoms with Gasteiger partial charge in [0.15, 0.2) is 0 Å². The van der Waals surface area contributed by atoms with Crippen molar-refractivity contribution in [3.05, 3.63) is 69.4 Å². The number of aromatic carboxylic acids is 1. The number of aliphatic hydroxyl groups excluding tert-OH is 1. The number of carboxylic acid groups (broad SMARTS) is 1. The first-order chi connectivity index (χ1) is 11.5. The lowest BCUT2D eigenvalue weighted by Crippen LogP contribution is -2.26. The van der Waals surface area contributed by atoms with Gasteiger partial charge in [0.25, 0.3) is 0 Å². The van der Waals surface area contributed by atoms with Crippen molar-refractivity contribution in [2.45, 2.75) is 13.0 Å². The van der Waals surface area contributed by atoms with Crippen molar-refractivity contribution in [3.63, 3.8) is 0 Å². The van der Waals surface area contributed by atoms with E-state index in [0.717, 1.165) is 11.1 Å². The molecule has 24 heavy (non-hydrogen) atoms. The lowest BCUT2D eigenvalue weighted by atomic mass is 10.00. The van der Waals surface area contributed by atoms with Crippen molar-refractivity contribution in [2.24, 2.45) is 5.92 Å². The Labute approximate surface area is 148 Å². The summed E-state index contributed by atoms with van der Waals surface area (Å²) >= 11 is 3.26. The van der Waals surface area contributed by atoms with E-state index in [0.29, 0.717) is 24.0 Å². The summed E-state index contributed by atoms with van der Waals surface area (Å²) in [6.45, 7) is 1.03. The SMILES string of the molecule is O=C(O)c1cccc(CNCC(CO)Cc2cc(F)cc(Br)c2)c1. The molecule has 2 aromatic rings. The molecule has 128 valence electrons. The van der Waals surface area contributed by atoms with E-state index in [4.69, 9.17) is 5.11 Å². The molecule has 0 bridgehead atoms. The highest BCUT2D eigenvalue weighted by atomic mass is 79.9. The first-order valence-corrected chi connectivity index (χ1v) is 8.36. The Kier molecular flexibility index (Phi) is 6.90. The number of carbonyl (C=O) groups is 1. The third-order valence-electron chi connectivity index (χ3n) is 3.64. The Balaban J connectivity index is 1.89. The Bertz CT molecular complexity index is 688. The number of halogens is 2. The van der Waals surface area contributed by atoms with Crippen LogP contribution in [0.4, 0.5) is 4.39 Å². The van der Waals surface area contributed by atoms with Crippen LogP contribution in [0.15, 0.2) is 46.9 Å². The van der Waals surface area contributed by atoms with Gasteiger partial charge in [-0.1, -0.05) is 28.1 Å². The Hall–Kier alpha value is -1.76. The number of carboxylic acids is 1. The zero-order valence-corrected chi connectivity index (χ0v) is 14.6. The summed E-state index contributed by atoms with van der Waals surface area (Å²) < 4.78 is 14.1. The van der Waals surface area contributed by atoms with Gasteiger partial charge in [0.05, 0.1) is 5.56 Å². The quantitative estimate of drug-likeness (QED) is 0.641. The Morgan fingerprint density at radius 1 is 1.21 bits per heavy atom. The minimum atomic E-state index is -0.957. The van der Waals surface area contributed by atoms with E-state index in [9.17, 15) is 14.3 Å². The second-order valence-electron chi connectivity index (χ2n) is 5.67. The molecule has 1 unspecified atom stereocenters. The second kappa shape index (κ2) is 8.92. The van der Waals surface area contributed by atoms with E-state index in [-0.39, 0.29) is 23.9 Å². The van der Waals surface area contributed by atoms with Gasteiger partial charge in [-0.2, -0.15) is 0 Å². The molecule has 0 aromatic heterocycles. The summed E-state index contributed by atoms with van der Waals surface area (Å²) in [5, 5.41) is 21.7.